The van der Waals surface area contributed by atoms with E-state index in [1.807, 2.05) is 11.6 Å². The van der Waals surface area contributed by atoms with Crippen LogP contribution in [0.25, 0.3) is 0 Å². The number of hydrogen-bond donors (Lipinski definition) is 1. The highest BCUT2D eigenvalue weighted by atomic mass is 32.2. The molecule has 1 fully saturated rings. The van der Waals surface area contributed by atoms with Crippen molar-refractivity contribution >= 4 is 11.8 Å². The van der Waals surface area contributed by atoms with Crippen molar-refractivity contribution in [2.24, 2.45) is 7.05 Å². The molecule has 1 saturated heterocycles. The summed E-state index contributed by atoms with van der Waals surface area (Å²) in [5.74, 6) is 1.10. The standard InChI is InChI=1S/C8H14N4S/c1-12-6-10-11-8(12)13-5-7-3-2-4-9-7/h6-7,9H,2-5H2,1H3. The molecule has 1 atom stereocenters. The first kappa shape index (κ1) is 9.02. The smallest absolute Gasteiger partial charge is 0.190 e. The van der Waals surface area contributed by atoms with Crippen molar-refractivity contribution in [3.63, 3.8) is 0 Å². The second kappa shape index (κ2) is 4.11. The van der Waals surface area contributed by atoms with E-state index in [0.717, 1.165) is 10.9 Å². The van der Waals surface area contributed by atoms with Crippen molar-refractivity contribution in [2.45, 2.75) is 24.0 Å². The molecule has 0 aliphatic carbocycles. The normalized spacial score (nSPS) is 22.4. The lowest BCUT2D eigenvalue weighted by molar-refractivity contribution is 0.671. The molecule has 0 amide bonds. The zero-order valence-corrected chi connectivity index (χ0v) is 8.55. The quantitative estimate of drug-likeness (QED) is 0.725. The zero-order chi connectivity index (χ0) is 9.10. The number of aromatic nitrogens is 3. The lowest BCUT2D eigenvalue weighted by Gasteiger charge is -2.07. The van der Waals surface area contributed by atoms with Gasteiger partial charge in [-0.3, -0.25) is 0 Å². The molecule has 0 radical (unpaired) electrons. The summed E-state index contributed by atoms with van der Waals surface area (Å²) in [7, 11) is 1.98. The van der Waals surface area contributed by atoms with Crippen LogP contribution in [0.3, 0.4) is 0 Å². The van der Waals surface area contributed by atoms with E-state index < -0.39 is 0 Å². The van der Waals surface area contributed by atoms with Crippen LogP contribution in [0, 0.1) is 0 Å². The van der Waals surface area contributed by atoms with Crippen LogP contribution in [0.4, 0.5) is 0 Å². The highest BCUT2D eigenvalue weighted by Gasteiger charge is 2.14. The molecule has 0 saturated carbocycles. The molecular weight excluding hydrogens is 184 g/mol. The van der Waals surface area contributed by atoms with Crippen molar-refractivity contribution in [3.8, 4) is 0 Å². The van der Waals surface area contributed by atoms with Gasteiger partial charge in [0.05, 0.1) is 0 Å². The number of hydrogen-bond acceptors (Lipinski definition) is 4. The van der Waals surface area contributed by atoms with Gasteiger partial charge in [0.15, 0.2) is 5.16 Å². The first-order chi connectivity index (χ1) is 6.36. The minimum absolute atomic E-state index is 0.668. The van der Waals surface area contributed by atoms with Gasteiger partial charge in [-0.15, -0.1) is 10.2 Å². The van der Waals surface area contributed by atoms with Crippen LogP contribution in [0.1, 0.15) is 12.8 Å². The number of nitrogens with one attached hydrogen (secondary N) is 1. The molecule has 1 aromatic rings. The Morgan fingerprint density at radius 1 is 1.77 bits per heavy atom. The van der Waals surface area contributed by atoms with E-state index >= 15 is 0 Å². The van der Waals surface area contributed by atoms with Crippen LogP contribution in [0.5, 0.6) is 0 Å². The van der Waals surface area contributed by atoms with Crippen molar-refractivity contribution in [2.75, 3.05) is 12.3 Å². The summed E-state index contributed by atoms with van der Waals surface area (Å²) in [6.45, 7) is 1.17. The van der Waals surface area contributed by atoms with Gasteiger partial charge < -0.3 is 9.88 Å². The zero-order valence-electron chi connectivity index (χ0n) is 7.73. The summed E-state index contributed by atoms with van der Waals surface area (Å²) < 4.78 is 1.96. The molecule has 0 aromatic carbocycles. The molecule has 0 spiro atoms. The summed E-state index contributed by atoms with van der Waals surface area (Å²) in [5.41, 5.74) is 0. The van der Waals surface area contributed by atoms with E-state index in [0.29, 0.717) is 6.04 Å². The van der Waals surface area contributed by atoms with Gasteiger partial charge in [-0.05, 0) is 19.4 Å². The van der Waals surface area contributed by atoms with Gasteiger partial charge in [-0.2, -0.15) is 0 Å². The molecule has 1 aliphatic rings. The van der Waals surface area contributed by atoms with Gasteiger partial charge in [0.25, 0.3) is 0 Å². The fourth-order valence-electron chi connectivity index (χ4n) is 1.48. The topological polar surface area (TPSA) is 42.7 Å². The molecule has 0 bridgehead atoms. The highest BCUT2D eigenvalue weighted by Crippen LogP contribution is 2.18. The van der Waals surface area contributed by atoms with E-state index in [4.69, 9.17) is 0 Å². The Bertz CT molecular complexity index is 267. The van der Waals surface area contributed by atoms with E-state index in [1.165, 1.54) is 19.4 Å². The SMILES string of the molecule is Cn1cnnc1SCC1CCCN1. The van der Waals surface area contributed by atoms with E-state index in [2.05, 4.69) is 15.5 Å². The molecule has 72 valence electrons. The van der Waals surface area contributed by atoms with Gasteiger partial charge in [-0.25, -0.2) is 0 Å². The average molecular weight is 198 g/mol. The first-order valence-corrected chi connectivity index (χ1v) is 5.55. The lowest BCUT2D eigenvalue weighted by Crippen LogP contribution is -2.23. The third kappa shape index (κ3) is 2.22. The third-order valence-corrected chi connectivity index (χ3v) is 3.44. The largest absolute Gasteiger partial charge is 0.313 e. The minimum Gasteiger partial charge on any atom is -0.313 e. The lowest BCUT2D eigenvalue weighted by atomic mass is 10.3. The molecule has 4 nitrogen and oxygen atoms in total. The second-order valence-corrected chi connectivity index (χ2v) is 4.32. The Kier molecular flexibility index (Phi) is 2.85. The Hall–Kier alpha value is -0.550. The fraction of sp³-hybridized carbons (Fsp3) is 0.750. The Morgan fingerprint density at radius 2 is 2.69 bits per heavy atom. The molecule has 1 aliphatic heterocycles. The summed E-state index contributed by atoms with van der Waals surface area (Å²) in [6.07, 6.45) is 4.35. The molecule has 2 rings (SSSR count). The Balaban J connectivity index is 1.82. The van der Waals surface area contributed by atoms with Crippen molar-refractivity contribution in [1.82, 2.24) is 20.1 Å². The summed E-state index contributed by atoms with van der Waals surface area (Å²) >= 11 is 1.78. The van der Waals surface area contributed by atoms with Crippen molar-refractivity contribution in [1.29, 1.82) is 0 Å². The van der Waals surface area contributed by atoms with Crippen LogP contribution >= 0.6 is 11.8 Å². The summed E-state index contributed by atoms with van der Waals surface area (Å²) in [5, 5.41) is 12.3. The predicted octanol–water partition coefficient (Wildman–Crippen LogP) is 0.659. The van der Waals surface area contributed by atoms with Crippen LogP contribution in [0.2, 0.25) is 0 Å². The third-order valence-electron chi connectivity index (χ3n) is 2.25. The van der Waals surface area contributed by atoms with Gasteiger partial charge in [0.2, 0.25) is 0 Å². The van der Waals surface area contributed by atoms with E-state index in [9.17, 15) is 0 Å². The molecule has 5 heteroatoms. The van der Waals surface area contributed by atoms with Crippen LogP contribution in [0.15, 0.2) is 11.5 Å². The second-order valence-electron chi connectivity index (χ2n) is 3.33. The maximum atomic E-state index is 4.02. The molecule has 13 heavy (non-hydrogen) atoms. The molecule has 1 unspecified atom stereocenters. The number of aryl methyl sites for hydroxylation is 1. The Morgan fingerprint density at radius 3 is 3.31 bits per heavy atom. The van der Waals surface area contributed by atoms with Crippen molar-refractivity contribution in [3.05, 3.63) is 6.33 Å². The maximum absolute atomic E-state index is 4.02. The molecule has 2 heterocycles. The minimum atomic E-state index is 0.668. The Labute approximate surface area is 82.1 Å². The average Bonchev–Trinajstić information content (AvgIpc) is 2.72. The number of rotatable bonds is 3. The number of thioether (sulfide) groups is 1. The highest BCUT2D eigenvalue weighted by molar-refractivity contribution is 7.99. The molecule has 1 aromatic heterocycles. The van der Waals surface area contributed by atoms with Crippen molar-refractivity contribution < 1.29 is 0 Å². The van der Waals surface area contributed by atoms with Crippen LogP contribution < -0.4 is 5.32 Å². The fourth-order valence-corrected chi connectivity index (χ4v) is 2.47. The van der Waals surface area contributed by atoms with Gasteiger partial charge in [-0.1, -0.05) is 11.8 Å². The van der Waals surface area contributed by atoms with Crippen LogP contribution in [-0.2, 0) is 7.05 Å². The number of nitrogens with zero attached hydrogens (tertiary/aromatic N) is 3. The van der Waals surface area contributed by atoms with Gasteiger partial charge in [0.1, 0.15) is 6.33 Å². The summed E-state index contributed by atoms with van der Waals surface area (Å²) in [4.78, 5) is 0. The maximum Gasteiger partial charge on any atom is 0.190 e. The van der Waals surface area contributed by atoms with Gasteiger partial charge in [0, 0.05) is 18.8 Å². The first-order valence-electron chi connectivity index (χ1n) is 4.56. The molecular formula is C8H14N4S. The molecule has 1 N–H and O–H groups in total. The monoisotopic (exact) mass is 198 g/mol. The van der Waals surface area contributed by atoms with E-state index in [1.54, 1.807) is 18.1 Å². The predicted molar refractivity (Wildman–Crippen MR) is 52.8 cm³/mol. The van der Waals surface area contributed by atoms with Gasteiger partial charge >= 0.3 is 0 Å². The summed E-state index contributed by atoms with van der Waals surface area (Å²) in [6, 6.07) is 0.668. The van der Waals surface area contributed by atoms with Crippen LogP contribution in [-0.4, -0.2) is 33.1 Å². The van der Waals surface area contributed by atoms with E-state index in [-0.39, 0.29) is 0 Å².